The van der Waals surface area contributed by atoms with Gasteiger partial charge in [0.25, 0.3) is 0 Å². The zero-order valence-electron chi connectivity index (χ0n) is 37.8. The van der Waals surface area contributed by atoms with Crippen LogP contribution in [0.5, 0.6) is 0 Å². The molecule has 0 aliphatic heterocycles. The van der Waals surface area contributed by atoms with Crippen molar-refractivity contribution >= 4 is 371 Å². The predicted octanol–water partition coefficient (Wildman–Crippen LogP) is -14.1. The van der Waals surface area contributed by atoms with E-state index in [0.717, 1.165) is 10.8 Å². The summed E-state index contributed by atoms with van der Waals surface area (Å²) in [7, 11) is 159. The van der Waals surface area contributed by atoms with E-state index in [9.17, 15) is 0 Å². The van der Waals surface area contributed by atoms with Gasteiger partial charge >= 0.3 is 0 Å². The van der Waals surface area contributed by atoms with E-state index >= 15 is 0 Å². The third-order valence-corrected chi connectivity index (χ3v) is 14.2. The molecule has 0 fully saturated rings. The summed E-state index contributed by atoms with van der Waals surface area (Å²) >= 11 is 0. The summed E-state index contributed by atoms with van der Waals surface area (Å²) in [4.78, 5) is 0. The van der Waals surface area contributed by atoms with Crippen molar-refractivity contribution in [2.45, 2.75) is 0 Å². The molecule has 10 rings (SSSR count). The molecule has 0 aliphatic rings. The van der Waals surface area contributed by atoms with Crippen molar-refractivity contribution < 1.29 is 0 Å². The van der Waals surface area contributed by atoms with Crippen molar-refractivity contribution in [3.63, 3.8) is 0 Å². The van der Waals surface area contributed by atoms with Crippen LogP contribution in [-0.4, -0.2) is 180 Å². The van der Waals surface area contributed by atoms with Crippen molar-refractivity contribution in [2.75, 3.05) is 0 Å². The van der Waals surface area contributed by atoms with Gasteiger partial charge in [-0.25, -0.2) is 0 Å². The SMILES string of the molecule is [B]c1c([B])c([B])c2c(-c3c([B])c4c([B])c([B])c([B])c([B])c4c4c([B])c([B])c([B])c([B])c34)c([B])c([B])c(-c3c4c([B])c([B])c([B])c([B])c4c(-c4ccc5ccccc5c4)c4c([B])c([B])c([B])c([B])c34)c2c1[B]. The molecule has 0 bridgehead atoms. The number of benzene rings is 10. The van der Waals surface area contributed by atoms with E-state index in [1.165, 1.54) is 0 Å². The molecule has 0 spiro atoms. The molecule has 0 aliphatic carbocycles. The molecule has 0 saturated carbocycles. The highest BCUT2D eigenvalue weighted by molar-refractivity contribution is 6.77. The predicted molar refractivity (Wildman–Crippen MR) is 332 cm³/mol. The number of rotatable bonds is 3. The van der Waals surface area contributed by atoms with Gasteiger partial charge in [-0.2, -0.15) is 0 Å². The molecule has 10 aromatic rings. The Morgan fingerprint density at radius 2 is 0.423 bits per heavy atom. The molecule has 0 atom stereocenters. The maximum absolute atomic E-state index is 7.49. The van der Waals surface area contributed by atoms with Gasteiger partial charge in [-0.15, -0.1) is 54.6 Å². The fourth-order valence-electron chi connectivity index (χ4n) is 10.5. The minimum absolute atomic E-state index is 0.000859. The molecule has 0 unspecified atom stereocenters. The molecule has 71 heavy (non-hydrogen) atoms. The zero-order chi connectivity index (χ0) is 51.6. The molecule has 46 radical (unpaired) electrons. The van der Waals surface area contributed by atoms with Crippen LogP contribution in [0.4, 0.5) is 0 Å². The number of hydrogen-bond acceptors (Lipinski definition) is 0. The molecule has 23 heteroatoms. The Bertz CT molecular complexity index is 4120. The lowest BCUT2D eigenvalue weighted by Gasteiger charge is -2.33. The lowest BCUT2D eigenvalue weighted by Crippen LogP contribution is -2.52. The first-order valence-corrected chi connectivity index (χ1v) is 21.5. The van der Waals surface area contributed by atoms with Gasteiger partial charge in [0.15, 0.2) is 0 Å². The Kier molecular flexibility index (Phi) is 12.0. The second kappa shape index (κ2) is 17.2. The summed E-state index contributed by atoms with van der Waals surface area (Å²) < 4.78 is 0. The Balaban J connectivity index is 1.55. The third kappa shape index (κ3) is 6.58. The fraction of sp³-hybridized carbons (Fsp3) is 0. The molecule has 0 N–H and O–H groups in total. The summed E-state index contributed by atoms with van der Waals surface area (Å²) in [6.45, 7) is 0. The lowest BCUT2D eigenvalue weighted by molar-refractivity contribution is 1.73. The van der Waals surface area contributed by atoms with Crippen molar-refractivity contribution in [3.8, 4) is 33.4 Å². The van der Waals surface area contributed by atoms with Crippen LogP contribution in [0.15, 0.2) is 42.5 Å². The van der Waals surface area contributed by atoms with E-state index in [1.807, 2.05) is 42.5 Å². The monoisotopic (exact) mass is 836 g/mol. The highest BCUT2D eigenvalue weighted by Crippen LogP contribution is 2.43. The minimum Gasteiger partial charge on any atom is -0.110 e. The molecule has 0 heterocycles. The van der Waals surface area contributed by atoms with E-state index in [1.54, 1.807) is 0 Å². The molecule has 0 aromatic heterocycles. The van der Waals surface area contributed by atoms with Gasteiger partial charge in [-0.05, 0) is 104 Å². The fourth-order valence-corrected chi connectivity index (χ4v) is 10.5. The van der Waals surface area contributed by atoms with Crippen molar-refractivity contribution in [1.82, 2.24) is 0 Å². The van der Waals surface area contributed by atoms with Crippen LogP contribution in [0.2, 0.25) is 0 Å². The van der Waals surface area contributed by atoms with Crippen LogP contribution >= 0.6 is 0 Å². The largest absolute Gasteiger partial charge is 0.115 e. The topological polar surface area (TPSA) is 0 Å². The summed E-state index contributed by atoms with van der Waals surface area (Å²) in [5, 5.41) is 3.17. The normalized spacial score (nSPS) is 11.8. The van der Waals surface area contributed by atoms with Crippen LogP contribution in [-0.2, 0) is 0 Å². The maximum atomic E-state index is 7.49. The first-order valence-electron chi connectivity index (χ1n) is 21.5. The van der Waals surface area contributed by atoms with Crippen molar-refractivity contribution in [2.24, 2.45) is 0 Å². The highest BCUT2D eigenvalue weighted by Gasteiger charge is 2.31. The molecule has 0 nitrogen and oxygen atoms in total. The van der Waals surface area contributed by atoms with Gasteiger partial charge in [0.1, 0.15) is 180 Å². The summed E-state index contributed by atoms with van der Waals surface area (Å²) in [5.74, 6) is 0. The van der Waals surface area contributed by atoms with Gasteiger partial charge in [0.05, 0.1) is 0 Å². The summed E-state index contributed by atoms with van der Waals surface area (Å²) in [6, 6.07) is 13.5. The minimum atomic E-state index is -0.205. The Morgan fingerprint density at radius 3 is 0.803 bits per heavy atom. The second-order valence-corrected chi connectivity index (χ2v) is 17.7. The third-order valence-electron chi connectivity index (χ3n) is 14.2. The van der Waals surface area contributed by atoms with Gasteiger partial charge in [0, 0.05) is 0 Å². The number of fused-ring (bicyclic) bond motifs is 7. The lowest BCUT2D eigenvalue weighted by atomic mass is 9.56. The Hall–Kier alpha value is -4.75. The van der Waals surface area contributed by atoms with Crippen LogP contribution < -0.4 is 126 Å². The highest BCUT2D eigenvalue weighted by atomic mass is 14.3. The Labute approximate surface area is 443 Å². The van der Waals surface area contributed by atoms with Crippen LogP contribution in [0, 0.1) is 0 Å². The summed E-state index contributed by atoms with van der Waals surface area (Å²) in [6.07, 6.45) is 0. The second-order valence-electron chi connectivity index (χ2n) is 17.7. The average Bonchev–Trinajstić information content (AvgIpc) is 3.36. The van der Waals surface area contributed by atoms with E-state index in [2.05, 4.69) is 0 Å². The zero-order valence-corrected chi connectivity index (χ0v) is 37.8. The van der Waals surface area contributed by atoms with Crippen LogP contribution in [0.25, 0.3) is 98.0 Å². The van der Waals surface area contributed by atoms with Gasteiger partial charge in [0.2, 0.25) is 0 Å². The van der Waals surface area contributed by atoms with Crippen LogP contribution in [0.1, 0.15) is 0 Å². The average molecular weight is 832 g/mol. The quantitative estimate of drug-likeness (QED) is 0.0945. The molecule has 0 amide bonds. The number of hydrogen-bond donors (Lipinski definition) is 0. The smallest absolute Gasteiger partial charge is 0.110 e. The Morgan fingerprint density at radius 1 is 0.169 bits per heavy atom. The van der Waals surface area contributed by atoms with Crippen molar-refractivity contribution in [1.29, 1.82) is 0 Å². The van der Waals surface area contributed by atoms with Gasteiger partial charge < -0.3 is 0 Å². The summed E-state index contributed by atoms with van der Waals surface area (Å²) in [5.41, 5.74) is -0.974. The molecule has 0 saturated heterocycles. The van der Waals surface area contributed by atoms with Crippen molar-refractivity contribution in [3.05, 3.63) is 42.5 Å². The van der Waals surface area contributed by atoms with E-state index in [0.29, 0.717) is 11.1 Å². The maximum Gasteiger partial charge on any atom is 0.115 e. The van der Waals surface area contributed by atoms with E-state index < -0.39 is 0 Å². The van der Waals surface area contributed by atoms with E-state index in [4.69, 9.17) is 180 Å². The molecule has 10 aromatic carbocycles. The standard InChI is InChI=1S/C48H7B23/c49-26-18(21-23(36(59)46(69)44(67)34(21)57)24-25(26)38(61)48(71)47(70)37(24)60)20-22-19(33(56)43(66)45(68)35(22)58)17(27(50)28(20)51)12-15-13(29(52)39(62)41(64)31(15)54)11(10-6-5-8-3-1-2-4-9(8)7-10)14-16(12)32(55)42(65)40(63)30(14)53/h1-7H. The molecular formula is C48H7B23. The first kappa shape index (κ1) is 49.8. The van der Waals surface area contributed by atoms with Gasteiger partial charge in [-0.1, -0.05) is 107 Å². The molecule has 268 valence electrons. The first-order chi connectivity index (χ1) is 33.4. The van der Waals surface area contributed by atoms with Gasteiger partial charge in [-0.3, -0.25) is 0 Å². The van der Waals surface area contributed by atoms with Crippen LogP contribution in [0.3, 0.4) is 0 Å². The molecular weight excluding hydrogens is 825 g/mol. The van der Waals surface area contributed by atoms with E-state index in [-0.39, 0.29) is 202 Å².